The summed E-state index contributed by atoms with van der Waals surface area (Å²) in [5.74, 6) is 0.459. The van der Waals surface area contributed by atoms with Gasteiger partial charge < -0.3 is 14.8 Å². The highest BCUT2D eigenvalue weighted by atomic mass is 16.5. The zero-order valence-corrected chi connectivity index (χ0v) is 19.8. The zero-order chi connectivity index (χ0) is 24.2. The fourth-order valence-corrected chi connectivity index (χ4v) is 4.00. The molecule has 0 radical (unpaired) electrons. The van der Waals surface area contributed by atoms with Crippen LogP contribution in [0.4, 0.5) is 11.4 Å². The van der Waals surface area contributed by atoms with E-state index in [0.717, 1.165) is 23.1 Å². The number of nitrogens with one attached hydrogen (secondary N) is 1. The molecule has 3 aromatic rings. The van der Waals surface area contributed by atoms with Gasteiger partial charge in [-0.1, -0.05) is 42.8 Å². The third kappa shape index (κ3) is 4.53. The minimum atomic E-state index is -0.421. The smallest absolute Gasteiger partial charge is 0.282 e. The normalized spacial score (nSPS) is 13.5. The van der Waals surface area contributed by atoms with Crippen LogP contribution in [-0.4, -0.2) is 25.5 Å². The van der Waals surface area contributed by atoms with Gasteiger partial charge in [0.1, 0.15) is 17.2 Å². The van der Waals surface area contributed by atoms with Crippen molar-refractivity contribution in [3.63, 3.8) is 0 Å². The molecule has 6 nitrogen and oxygen atoms in total. The van der Waals surface area contributed by atoms with Crippen LogP contribution >= 0.6 is 0 Å². The largest absolute Gasteiger partial charge is 0.497 e. The first-order valence-corrected chi connectivity index (χ1v) is 11.3. The molecule has 3 aromatic carbocycles. The molecule has 1 N–H and O–H groups in total. The molecule has 0 saturated heterocycles. The minimum Gasteiger partial charge on any atom is -0.497 e. The molecule has 1 aliphatic rings. The number of imide groups is 1. The van der Waals surface area contributed by atoms with Crippen molar-refractivity contribution in [2.24, 2.45) is 0 Å². The summed E-state index contributed by atoms with van der Waals surface area (Å²) in [4.78, 5) is 28.6. The van der Waals surface area contributed by atoms with Gasteiger partial charge in [0.25, 0.3) is 11.8 Å². The molecule has 0 fully saturated rings. The molecule has 1 heterocycles. The molecule has 0 aliphatic carbocycles. The van der Waals surface area contributed by atoms with E-state index in [9.17, 15) is 9.59 Å². The Morgan fingerprint density at radius 3 is 2.38 bits per heavy atom. The molecule has 0 spiro atoms. The first-order chi connectivity index (χ1) is 16.4. The van der Waals surface area contributed by atoms with Gasteiger partial charge in [0, 0.05) is 17.8 Å². The van der Waals surface area contributed by atoms with E-state index in [0.29, 0.717) is 35.1 Å². The Hall–Kier alpha value is -4.06. The monoisotopic (exact) mass is 456 g/mol. The fourth-order valence-electron chi connectivity index (χ4n) is 4.00. The summed E-state index contributed by atoms with van der Waals surface area (Å²) in [7, 11) is 1.58. The number of hydrogen-bond acceptors (Lipinski definition) is 5. The van der Waals surface area contributed by atoms with Gasteiger partial charge in [0.05, 0.1) is 25.0 Å². The second-order valence-electron chi connectivity index (χ2n) is 8.22. The Labute approximate surface area is 199 Å². The number of carbonyl (C=O) groups excluding carboxylic acids is 2. The lowest BCUT2D eigenvalue weighted by Gasteiger charge is -2.17. The van der Waals surface area contributed by atoms with Crippen LogP contribution in [0.2, 0.25) is 0 Å². The lowest BCUT2D eigenvalue weighted by Crippen LogP contribution is -2.32. The second-order valence-corrected chi connectivity index (χ2v) is 8.22. The number of benzene rings is 3. The summed E-state index contributed by atoms with van der Waals surface area (Å²) in [6, 6.07) is 20.2. The molecule has 0 unspecified atom stereocenters. The molecule has 0 bridgehead atoms. The first kappa shape index (κ1) is 23.1. The SMILES string of the molecule is CCCOc1cccc(N2C(=O)C(Nc3cccc(OC)c3)=C(c3ccc(C)cc3C)C2=O)c1. The lowest BCUT2D eigenvalue weighted by molar-refractivity contribution is -0.120. The Kier molecular flexibility index (Phi) is 6.68. The highest BCUT2D eigenvalue weighted by Gasteiger charge is 2.41. The molecule has 6 heteroatoms. The summed E-state index contributed by atoms with van der Waals surface area (Å²) in [6.45, 7) is 6.52. The molecule has 34 heavy (non-hydrogen) atoms. The predicted octanol–water partition coefficient (Wildman–Crippen LogP) is 5.50. The van der Waals surface area contributed by atoms with Crippen molar-refractivity contribution in [3.8, 4) is 11.5 Å². The maximum Gasteiger partial charge on any atom is 0.282 e. The maximum atomic E-state index is 13.7. The molecule has 2 amide bonds. The van der Waals surface area contributed by atoms with E-state index in [2.05, 4.69) is 5.32 Å². The van der Waals surface area contributed by atoms with Crippen LogP contribution in [-0.2, 0) is 9.59 Å². The van der Waals surface area contributed by atoms with E-state index in [1.54, 1.807) is 31.4 Å². The molecule has 0 atom stereocenters. The summed E-state index contributed by atoms with van der Waals surface area (Å²) in [6.07, 6.45) is 0.860. The van der Waals surface area contributed by atoms with E-state index in [4.69, 9.17) is 9.47 Å². The molecular formula is C28H28N2O4. The minimum absolute atomic E-state index is 0.227. The van der Waals surface area contributed by atoms with Crippen molar-refractivity contribution in [1.82, 2.24) is 0 Å². The van der Waals surface area contributed by atoms with Gasteiger partial charge in [0.15, 0.2) is 0 Å². The summed E-state index contributed by atoms with van der Waals surface area (Å²) >= 11 is 0. The Bertz CT molecular complexity index is 1280. The van der Waals surface area contributed by atoms with Crippen molar-refractivity contribution >= 4 is 28.8 Å². The van der Waals surface area contributed by atoms with Gasteiger partial charge in [-0.2, -0.15) is 0 Å². The topological polar surface area (TPSA) is 67.9 Å². The molecular weight excluding hydrogens is 428 g/mol. The van der Waals surface area contributed by atoms with Gasteiger partial charge in [-0.25, -0.2) is 4.90 Å². The first-order valence-electron chi connectivity index (χ1n) is 11.3. The number of methoxy groups -OCH3 is 1. The molecule has 0 aromatic heterocycles. The number of carbonyl (C=O) groups is 2. The Morgan fingerprint density at radius 1 is 0.882 bits per heavy atom. The quantitative estimate of drug-likeness (QED) is 0.454. The average molecular weight is 457 g/mol. The van der Waals surface area contributed by atoms with Crippen molar-refractivity contribution in [2.45, 2.75) is 27.2 Å². The average Bonchev–Trinajstić information content (AvgIpc) is 3.07. The van der Waals surface area contributed by atoms with E-state index in [1.165, 1.54) is 4.90 Å². The predicted molar refractivity (Wildman–Crippen MR) is 134 cm³/mol. The number of amides is 2. The van der Waals surface area contributed by atoms with E-state index >= 15 is 0 Å². The van der Waals surface area contributed by atoms with Crippen LogP contribution in [0.1, 0.15) is 30.0 Å². The second kappa shape index (κ2) is 9.83. The van der Waals surface area contributed by atoms with Crippen LogP contribution in [0.15, 0.2) is 72.4 Å². The van der Waals surface area contributed by atoms with Gasteiger partial charge in [0.2, 0.25) is 0 Å². The highest BCUT2D eigenvalue weighted by Crippen LogP contribution is 2.36. The lowest BCUT2D eigenvalue weighted by atomic mass is 9.97. The number of aryl methyl sites for hydroxylation is 2. The van der Waals surface area contributed by atoms with Gasteiger partial charge in [-0.3, -0.25) is 9.59 Å². The third-order valence-corrected chi connectivity index (χ3v) is 5.62. The number of rotatable bonds is 8. The number of ether oxygens (including phenoxy) is 2. The molecule has 4 rings (SSSR count). The van der Waals surface area contributed by atoms with Gasteiger partial charge in [-0.05, 0) is 55.7 Å². The van der Waals surface area contributed by atoms with E-state index in [1.807, 2.05) is 63.2 Å². The fraction of sp³-hybridized carbons (Fsp3) is 0.214. The molecule has 1 aliphatic heterocycles. The van der Waals surface area contributed by atoms with Gasteiger partial charge >= 0.3 is 0 Å². The van der Waals surface area contributed by atoms with E-state index < -0.39 is 5.91 Å². The van der Waals surface area contributed by atoms with Crippen molar-refractivity contribution in [3.05, 3.63) is 89.1 Å². The van der Waals surface area contributed by atoms with Crippen LogP contribution < -0.4 is 19.7 Å². The zero-order valence-electron chi connectivity index (χ0n) is 19.8. The standard InChI is InChI=1S/C28H28N2O4/c1-5-14-34-23-11-7-9-21(17-23)30-27(31)25(24-13-12-18(2)15-19(24)3)26(28(30)32)29-20-8-6-10-22(16-20)33-4/h6-13,15-17,29H,5,14H2,1-4H3. The molecule has 174 valence electrons. The summed E-state index contributed by atoms with van der Waals surface area (Å²) < 4.78 is 11.0. The van der Waals surface area contributed by atoms with Crippen LogP contribution in [0, 0.1) is 13.8 Å². The number of hydrogen-bond donors (Lipinski definition) is 1. The van der Waals surface area contributed by atoms with E-state index in [-0.39, 0.29) is 11.6 Å². The maximum absolute atomic E-state index is 13.7. The number of nitrogens with zero attached hydrogens (tertiary/aromatic N) is 1. The van der Waals surface area contributed by atoms with Crippen molar-refractivity contribution < 1.29 is 19.1 Å². The van der Waals surface area contributed by atoms with Crippen molar-refractivity contribution in [1.29, 1.82) is 0 Å². The van der Waals surface area contributed by atoms with Crippen LogP contribution in [0.5, 0.6) is 11.5 Å². The van der Waals surface area contributed by atoms with Crippen molar-refractivity contribution in [2.75, 3.05) is 23.9 Å². The summed E-state index contributed by atoms with van der Waals surface area (Å²) in [5, 5.41) is 3.19. The highest BCUT2D eigenvalue weighted by molar-refractivity contribution is 6.46. The van der Waals surface area contributed by atoms with Gasteiger partial charge in [-0.15, -0.1) is 0 Å². The van der Waals surface area contributed by atoms with Crippen LogP contribution in [0.25, 0.3) is 5.57 Å². The third-order valence-electron chi connectivity index (χ3n) is 5.62. The Balaban J connectivity index is 1.80. The Morgan fingerprint density at radius 2 is 1.65 bits per heavy atom. The van der Waals surface area contributed by atoms with Crippen LogP contribution in [0.3, 0.4) is 0 Å². The molecule has 0 saturated carbocycles. The summed E-state index contributed by atoms with van der Waals surface area (Å²) in [5.41, 5.74) is 4.40. The number of anilines is 2.